The first-order chi connectivity index (χ1) is 6.12. The first kappa shape index (κ1) is 13.8. The molecule has 0 aromatic rings. The Kier molecular flexibility index (Phi) is 5.00. The summed E-state index contributed by atoms with van der Waals surface area (Å²) in [4.78, 5) is 0. The van der Waals surface area contributed by atoms with Crippen LogP contribution in [0.1, 0.15) is 34.1 Å². The average Bonchev–Trinajstić information content (AvgIpc) is 1.78. The van der Waals surface area contributed by atoms with Gasteiger partial charge >= 0.3 is 10.4 Å². The lowest BCUT2D eigenvalue weighted by atomic mass is 10.1. The number of ether oxygens (including phenoxy) is 1. The lowest BCUT2D eigenvalue weighted by Crippen LogP contribution is -2.29. The maximum Gasteiger partial charge on any atom is 0.397 e. The van der Waals surface area contributed by atoms with E-state index in [9.17, 15) is 8.42 Å². The SMILES string of the molecule is CC(C)OCCC(C)(C)OS(=O)(=O)O. The van der Waals surface area contributed by atoms with E-state index < -0.39 is 16.0 Å². The van der Waals surface area contributed by atoms with Gasteiger partial charge in [-0.1, -0.05) is 0 Å². The molecule has 0 radical (unpaired) electrons. The summed E-state index contributed by atoms with van der Waals surface area (Å²) < 4.78 is 39.0. The van der Waals surface area contributed by atoms with E-state index in [0.29, 0.717) is 13.0 Å². The van der Waals surface area contributed by atoms with E-state index in [2.05, 4.69) is 4.18 Å². The van der Waals surface area contributed by atoms with Crippen LogP contribution in [0.5, 0.6) is 0 Å². The Balaban J connectivity index is 3.96. The van der Waals surface area contributed by atoms with Crippen LogP contribution in [0.15, 0.2) is 0 Å². The second-order valence-electron chi connectivity index (χ2n) is 3.94. The van der Waals surface area contributed by atoms with Crippen molar-refractivity contribution >= 4 is 10.4 Å². The van der Waals surface area contributed by atoms with Crippen LogP contribution < -0.4 is 0 Å². The molecular weight excluding hydrogens is 208 g/mol. The highest BCUT2D eigenvalue weighted by atomic mass is 32.3. The van der Waals surface area contributed by atoms with Crippen LogP contribution in [-0.4, -0.2) is 31.3 Å². The summed E-state index contributed by atoms with van der Waals surface area (Å²) in [5, 5.41) is 0. The molecule has 0 unspecified atom stereocenters. The summed E-state index contributed by atoms with van der Waals surface area (Å²) >= 11 is 0. The van der Waals surface area contributed by atoms with Crippen molar-refractivity contribution in [2.45, 2.75) is 45.8 Å². The Hall–Kier alpha value is -0.170. The lowest BCUT2D eigenvalue weighted by Gasteiger charge is -2.22. The van der Waals surface area contributed by atoms with Crippen LogP contribution in [0.25, 0.3) is 0 Å². The Labute approximate surface area is 85.4 Å². The van der Waals surface area contributed by atoms with Crippen molar-refractivity contribution in [1.29, 1.82) is 0 Å². The van der Waals surface area contributed by atoms with E-state index in [1.807, 2.05) is 13.8 Å². The Morgan fingerprint density at radius 1 is 1.36 bits per heavy atom. The quantitative estimate of drug-likeness (QED) is 0.693. The Morgan fingerprint density at radius 2 is 1.86 bits per heavy atom. The van der Waals surface area contributed by atoms with E-state index in [1.54, 1.807) is 13.8 Å². The molecule has 0 aliphatic heterocycles. The largest absolute Gasteiger partial charge is 0.397 e. The summed E-state index contributed by atoms with van der Waals surface area (Å²) in [5.74, 6) is 0. The van der Waals surface area contributed by atoms with Crippen LogP contribution in [-0.2, 0) is 19.3 Å². The van der Waals surface area contributed by atoms with E-state index >= 15 is 0 Å². The summed E-state index contributed by atoms with van der Waals surface area (Å²) in [6.07, 6.45) is 0.488. The molecule has 0 aliphatic carbocycles. The highest BCUT2D eigenvalue weighted by molar-refractivity contribution is 7.80. The molecule has 0 aromatic carbocycles. The predicted molar refractivity (Wildman–Crippen MR) is 52.4 cm³/mol. The van der Waals surface area contributed by atoms with Gasteiger partial charge in [-0.25, -0.2) is 4.18 Å². The monoisotopic (exact) mass is 226 g/mol. The van der Waals surface area contributed by atoms with Crippen LogP contribution in [0.4, 0.5) is 0 Å². The minimum atomic E-state index is -4.39. The second-order valence-corrected chi connectivity index (χ2v) is 4.96. The van der Waals surface area contributed by atoms with Gasteiger partial charge in [0.2, 0.25) is 0 Å². The minimum Gasteiger partial charge on any atom is -0.379 e. The van der Waals surface area contributed by atoms with Gasteiger partial charge in [-0.05, 0) is 27.7 Å². The van der Waals surface area contributed by atoms with Crippen molar-refractivity contribution in [3.63, 3.8) is 0 Å². The molecule has 0 saturated carbocycles. The Morgan fingerprint density at radius 3 is 2.21 bits per heavy atom. The first-order valence-corrected chi connectivity index (χ1v) is 5.78. The molecular formula is C8H18O5S. The lowest BCUT2D eigenvalue weighted by molar-refractivity contribution is 0.0213. The van der Waals surface area contributed by atoms with E-state index in [0.717, 1.165) is 0 Å². The van der Waals surface area contributed by atoms with Crippen LogP contribution in [0, 0.1) is 0 Å². The molecule has 1 N–H and O–H groups in total. The zero-order valence-electron chi connectivity index (χ0n) is 8.98. The maximum atomic E-state index is 10.4. The van der Waals surface area contributed by atoms with Gasteiger partial charge < -0.3 is 4.74 Å². The number of hydrogen-bond acceptors (Lipinski definition) is 4. The average molecular weight is 226 g/mol. The van der Waals surface area contributed by atoms with E-state index in [1.165, 1.54) is 0 Å². The van der Waals surface area contributed by atoms with Gasteiger partial charge in [0.25, 0.3) is 0 Å². The summed E-state index contributed by atoms with van der Waals surface area (Å²) in [6.45, 7) is 7.31. The minimum absolute atomic E-state index is 0.0940. The van der Waals surface area contributed by atoms with E-state index in [4.69, 9.17) is 9.29 Å². The van der Waals surface area contributed by atoms with E-state index in [-0.39, 0.29) is 6.10 Å². The zero-order valence-corrected chi connectivity index (χ0v) is 9.80. The normalized spacial score (nSPS) is 13.6. The third kappa shape index (κ3) is 8.43. The highest BCUT2D eigenvalue weighted by Gasteiger charge is 2.25. The zero-order chi connectivity index (χ0) is 11.4. The van der Waals surface area contributed by atoms with Crippen LogP contribution in [0.2, 0.25) is 0 Å². The van der Waals surface area contributed by atoms with Gasteiger partial charge in [-0.15, -0.1) is 0 Å². The summed E-state index contributed by atoms with van der Waals surface area (Å²) in [6, 6.07) is 0. The molecule has 0 fully saturated rings. The summed E-state index contributed by atoms with van der Waals surface area (Å²) in [7, 11) is -4.39. The van der Waals surface area contributed by atoms with Crippen molar-refractivity contribution in [1.82, 2.24) is 0 Å². The molecule has 0 bridgehead atoms. The molecule has 0 heterocycles. The maximum absolute atomic E-state index is 10.4. The fourth-order valence-electron chi connectivity index (χ4n) is 0.867. The smallest absolute Gasteiger partial charge is 0.379 e. The third-order valence-electron chi connectivity index (χ3n) is 1.49. The van der Waals surface area contributed by atoms with Gasteiger partial charge in [0.15, 0.2) is 0 Å². The van der Waals surface area contributed by atoms with Crippen molar-refractivity contribution in [2.24, 2.45) is 0 Å². The van der Waals surface area contributed by atoms with Gasteiger partial charge in [0.05, 0.1) is 11.7 Å². The fraction of sp³-hybridized carbons (Fsp3) is 1.00. The van der Waals surface area contributed by atoms with Crippen molar-refractivity contribution in [3.8, 4) is 0 Å². The second kappa shape index (κ2) is 5.06. The predicted octanol–water partition coefficient (Wildman–Crippen LogP) is 1.40. The van der Waals surface area contributed by atoms with Crippen molar-refractivity contribution in [3.05, 3.63) is 0 Å². The van der Waals surface area contributed by atoms with Gasteiger partial charge in [-0.3, -0.25) is 4.55 Å². The first-order valence-electron chi connectivity index (χ1n) is 4.42. The molecule has 86 valence electrons. The molecule has 0 saturated heterocycles. The molecule has 0 amide bonds. The third-order valence-corrected chi connectivity index (χ3v) is 2.15. The standard InChI is InChI=1S/C8H18O5S/c1-7(2)12-6-5-8(3,4)13-14(9,10)11/h7H,5-6H2,1-4H3,(H,9,10,11). The fourth-order valence-corrected chi connectivity index (χ4v) is 1.52. The molecule has 6 heteroatoms. The topological polar surface area (TPSA) is 72.8 Å². The molecule has 5 nitrogen and oxygen atoms in total. The van der Waals surface area contributed by atoms with Crippen molar-refractivity contribution in [2.75, 3.05) is 6.61 Å². The molecule has 0 aromatic heterocycles. The van der Waals surface area contributed by atoms with Gasteiger partial charge in [0, 0.05) is 13.0 Å². The van der Waals surface area contributed by atoms with Crippen molar-refractivity contribution < 1.29 is 21.9 Å². The van der Waals surface area contributed by atoms with Crippen LogP contribution in [0.3, 0.4) is 0 Å². The molecule has 0 atom stereocenters. The van der Waals surface area contributed by atoms with Gasteiger partial charge in [-0.2, -0.15) is 8.42 Å². The summed E-state index contributed by atoms with van der Waals surface area (Å²) in [5.41, 5.74) is -0.942. The molecule has 14 heavy (non-hydrogen) atoms. The number of hydrogen-bond donors (Lipinski definition) is 1. The van der Waals surface area contributed by atoms with Gasteiger partial charge in [0.1, 0.15) is 0 Å². The molecule has 0 aliphatic rings. The Bertz CT molecular complexity index is 255. The number of rotatable bonds is 6. The van der Waals surface area contributed by atoms with Crippen LogP contribution >= 0.6 is 0 Å². The molecule has 0 spiro atoms. The molecule has 0 rings (SSSR count). The highest BCUT2D eigenvalue weighted by Crippen LogP contribution is 2.17.